The lowest BCUT2D eigenvalue weighted by Crippen LogP contribution is -2.49. The molecule has 33 heavy (non-hydrogen) atoms. The molecule has 0 unspecified atom stereocenters. The maximum atomic E-state index is 13.5. The van der Waals surface area contributed by atoms with E-state index in [0.717, 1.165) is 17.5 Å². The lowest BCUT2D eigenvalue weighted by molar-refractivity contribution is 0.0747. The maximum absolute atomic E-state index is 13.5. The van der Waals surface area contributed by atoms with Gasteiger partial charge in [-0.3, -0.25) is 4.79 Å². The van der Waals surface area contributed by atoms with Crippen LogP contribution in [0.2, 0.25) is 10.0 Å². The number of halogens is 2. The van der Waals surface area contributed by atoms with Gasteiger partial charge in [-0.15, -0.1) is 0 Å². The van der Waals surface area contributed by atoms with E-state index in [0.29, 0.717) is 37.3 Å². The van der Waals surface area contributed by atoms with Crippen molar-refractivity contribution in [2.75, 3.05) is 37.3 Å². The predicted molar refractivity (Wildman–Crippen MR) is 131 cm³/mol. The summed E-state index contributed by atoms with van der Waals surface area (Å²) in [5, 5.41) is 10.1. The Hall–Kier alpha value is -2.74. The molecule has 0 atom stereocenters. The van der Waals surface area contributed by atoms with Crippen molar-refractivity contribution in [1.29, 1.82) is 0 Å². The van der Waals surface area contributed by atoms with Crippen molar-refractivity contribution < 1.29 is 18.3 Å². The fraction of sp³-hybridized carbons (Fsp3) is 0.208. The molecule has 1 heterocycles. The van der Waals surface area contributed by atoms with Crippen LogP contribution in [0.4, 0.5) is 5.69 Å². The zero-order valence-electron chi connectivity index (χ0n) is 17.8. The molecule has 0 aliphatic carbocycles. The smallest absolute Gasteiger partial charge is 0.254 e. The lowest BCUT2D eigenvalue weighted by atomic mass is 9.98. The normalized spacial score (nSPS) is 14.4. The first-order valence-electron chi connectivity index (χ1n) is 10.3. The molecule has 0 radical (unpaired) electrons. The van der Waals surface area contributed by atoms with Crippen LogP contribution in [0.3, 0.4) is 0 Å². The summed E-state index contributed by atoms with van der Waals surface area (Å²) < 4.78 is 24.3. The number of aromatic hydroxyl groups is 1. The molecule has 1 N–H and O–H groups in total. The van der Waals surface area contributed by atoms with E-state index in [2.05, 4.69) is 0 Å². The van der Waals surface area contributed by atoms with Crippen LogP contribution in [0.5, 0.6) is 5.75 Å². The second-order valence-corrected chi connectivity index (χ2v) is 10.7. The first kappa shape index (κ1) is 23.4. The van der Waals surface area contributed by atoms with Gasteiger partial charge in [0.1, 0.15) is 0 Å². The Kier molecular flexibility index (Phi) is 6.56. The van der Waals surface area contributed by atoms with E-state index in [1.54, 1.807) is 23.1 Å². The molecule has 6 nitrogen and oxygen atoms in total. The van der Waals surface area contributed by atoms with Crippen molar-refractivity contribution in [3.05, 3.63) is 76.3 Å². The number of hydrogen-bond acceptors (Lipinski definition) is 5. The average Bonchev–Trinajstić information content (AvgIpc) is 2.81. The van der Waals surface area contributed by atoms with E-state index in [1.807, 2.05) is 35.2 Å². The van der Waals surface area contributed by atoms with Crippen molar-refractivity contribution in [2.24, 2.45) is 0 Å². The summed E-state index contributed by atoms with van der Waals surface area (Å²) in [6.07, 6.45) is 1.13. The number of carbonyl (C=O) groups excluding carboxylic acids is 1. The quantitative estimate of drug-likeness (QED) is 0.555. The third kappa shape index (κ3) is 4.95. The number of piperazine rings is 1. The van der Waals surface area contributed by atoms with Crippen LogP contribution in [-0.2, 0) is 9.84 Å². The van der Waals surface area contributed by atoms with Crippen molar-refractivity contribution in [2.45, 2.75) is 4.90 Å². The summed E-state index contributed by atoms with van der Waals surface area (Å²) in [6, 6.07) is 17.4. The SMILES string of the molecule is CS(=O)(=O)c1ccc(-c2ccccc2)c(C(=O)N2CCN(c3cc(Cl)c(O)c(Cl)c3)CC2)c1. The third-order valence-electron chi connectivity index (χ3n) is 5.67. The first-order chi connectivity index (χ1) is 15.6. The van der Waals surface area contributed by atoms with Gasteiger partial charge in [0.15, 0.2) is 15.6 Å². The average molecular weight is 505 g/mol. The summed E-state index contributed by atoms with van der Waals surface area (Å²) in [5.41, 5.74) is 2.65. The maximum Gasteiger partial charge on any atom is 0.254 e. The Balaban J connectivity index is 1.61. The van der Waals surface area contributed by atoms with Gasteiger partial charge >= 0.3 is 0 Å². The van der Waals surface area contributed by atoms with E-state index < -0.39 is 9.84 Å². The van der Waals surface area contributed by atoms with Crippen LogP contribution in [0.25, 0.3) is 11.1 Å². The van der Waals surface area contributed by atoms with Gasteiger partial charge in [-0.1, -0.05) is 59.6 Å². The number of nitrogens with zero attached hydrogens (tertiary/aromatic N) is 2. The van der Waals surface area contributed by atoms with Crippen molar-refractivity contribution in [1.82, 2.24) is 4.90 Å². The van der Waals surface area contributed by atoms with E-state index in [9.17, 15) is 18.3 Å². The number of phenolic OH excluding ortho intramolecular Hbond substituents is 1. The van der Waals surface area contributed by atoms with Gasteiger partial charge in [-0.2, -0.15) is 0 Å². The summed E-state index contributed by atoms with van der Waals surface area (Å²) >= 11 is 12.1. The largest absolute Gasteiger partial charge is 0.505 e. The molecule has 3 aromatic carbocycles. The van der Waals surface area contributed by atoms with E-state index >= 15 is 0 Å². The third-order valence-corrected chi connectivity index (χ3v) is 7.35. The van der Waals surface area contributed by atoms with Crippen LogP contribution in [-0.4, -0.2) is 56.8 Å². The fourth-order valence-corrected chi connectivity index (χ4v) is 5.00. The van der Waals surface area contributed by atoms with Crippen LogP contribution in [0.15, 0.2) is 65.6 Å². The molecule has 4 rings (SSSR count). The molecule has 0 bridgehead atoms. The van der Waals surface area contributed by atoms with Gasteiger partial charge in [0.25, 0.3) is 5.91 Å². The molecule has 1 aliphatic heterocycles. The highest BCUT2D eigenvalue weighted by Gasteiger charge is 2.26. The minimum Gasteiger partial charge on any atom is -0.505 e. The van der Waals surface area contributed by atoms with Crippen LogP contribution >= 0.6 is 23.2 Å². The first-order valence-corrected chi connectivity index (χ1v) is 12.9. The molecule has 0 aromatic heterocycles. The highest BCUT2D eigenvalue weighted by atomic mass is 35.5. The predicted octanol–water partition coefficient (Wildman–Crippen LogP) is 4.73. The number of sulfone groups is 1. The number of carbonyl (C=O) groups is 1. The number of rotatable bonds is 4. The molecule has 0 saturated carbocycles. The molecule has 1 saturated heterocycles. The van der Waals surface area contributed by atoms with Crippen LogP contribution in [0, 0.1) is 0 Å². The van der Waals surface area contributed by atoms with Crippen LogP contribution < -0.4 is 4.90 Å². The number of hydrogen-bond donors (Lipinski definition) is 1. The van der Waals surface area contributed by atoms with E-state index in [1.165, 1.54) is 12.1 Å². The second kappa shape index (κ2) is 9.25. The second-order valence-electron chi connectivity index (χ2n) is 7.88. The molecular formula is C24H22Cl2N2O4S. The number of amides is 1. The van der Waals surface area contributed by atoms with Gasteiger partial charge < -0.3 is 14.9 Å². The molecule has 0 spiro atoms. The van der Waals surface area contributed by atoms with E-state index in [-0.39, 0.29) is 26.6 Å². The molecule has 1 amide bonds. The zero-order valence-corrected chi connectivity index (χ0v) is 20.2. The summed E-state index contributed by atoms with van der Waals surface area (Å²) in [4.78, 5) is 17.4. The minimum absolute atomic E-state index is 0.109. The van der Waals surface area contributed by atoms with Gasteiger partial charge in [0, 0.05) is 43.7 Å². The monoisotopic (exact) mass is 504 g/mol. The van der Waals surface area contributed by atoms with Crippen molar-refractivity contribution in [3.63, 3.8) is 0 Å². The Morgan fingerprint density at radius 2 is 1.52 bits per heavy atom. The summed E-state index contributed by atoms with van der Waals surface area (Å²) in [7, 11) is -3.47. The molecule has 1 aliphatic rings. The summed E-state index contributed by atoms with van der Waals surface area (Å²) in [6.45, 7) is 1.95. The molecule has 172 valence electrons. The number of benzene rings is 3. The number of phenols is 1. The highest BCUT2D eigenvalue weighted by Crippen LogP contribution is 2.36. The molecular weight excluding hydrogens is 483 g/mol. The fourth-order valence-electron chi connectivity index (χ4n) is 3.87. The standard InChI is InChI=1S/C24H22Cl2N2O4S/c1-33(31,32)18-7-8-19(16-5-3-2-4-6-16)20(15-18)24(30)28-11-9-27(10-12-28)17-13-21(25)23(29)22(26)14-17/h2-8,13-15,29H,9-12H2,1H3. The molecule has 3 aromatic rings. The minimum atomic E-state index is -3.47. The lowest BCUT2D eigenvalue weighted by Gasteiger charge is -2.36. The van der Waals surface area contributed by atoms with Gasteiger partial charge in [0.05, 0.1) is 14.9 Å². The van der Waals surface area contributed by atoms with Crippen LogP contribution in [0.1, 0.15) is 10.4 Å². The zero-order chi connectivity index (χ0) is 23.8. The Labute approximate surface area is 202 Å². The molecule has 1 fully saturated rings. The Bertz CT molecular complexity index is 1280. The van der Waals surface area contributed by atoms with Gasteiger partial charge in [0.2, 0.25) is 0 Å². The number of anilines is 1. The Morgan fingerprint density at radius 1 is 0.909 bits per heavy atom. The van der Waals surface area contributed by atoms with Crippen molar-refractivity contribution in [3.8, 4) is 16.9 Å². The highest BCUT2D eigenvalue weighted by molar-refractivity contribution is 7.90. The van der Waals surface area contributed by atoms with E-state index in [4.69, 9.17) is 23.2 Å². The van der Waals surface area contributed by atoms with Crippen molar-refractivity contribution >= 4 is 44.6 Å². The Morgan fingerprint density at radius 3 is 2.09 bits per heavy atom. The van der Waals surface area contributed by atoms with Gasteiger partial charge in [-0.05, 0) is 35.4 Å². The molecule has 9 heteroatoms. The summed E-state index contributed by atoms with van der Waals surface area (Å²) in [5.74, 6) is -0.379. The van der Waals surface area contributed by atoms with Gasteiger partial charge in [-0.25, -0.2) is 8.42 Å². The topological polar surface area (TPSA) is 77.9 Å².